The predicted molar refractivity (Wildman–Crippen MR) is 76.4 cm³/mol. The lowest BCUT2D eigenvalue weighted by Crippen LogP contribution is -2.20. The van der Waals surface area contributed by atoms with Gasteiger partial charge in [-0.2, -0.15) is 0 Å². The fraction of sp³-hybridized carbons (Fsp3) is 0.500. The summed E-state index contributed by atoms with van der Waals surface area (Å²) in [6, 6.07) is 5.60. The van der Waals surface area contributed by atoms with Gasteiger partial charge in [0.05, 0.1) is 13.2 Å². The fourth-order valence-electron chi connectivity index (χ4n) is 2.28. The highest BCUT2D eigenvalue weighted by atomic mass is 32.1. The second-order valence-electron chi connectivity index (χ2n) is 4.64. The molecule has 18 heavy (non-hydrogen) atoms. The zero-order valence-electron chi connectivity index (χ0n) is 10.6. The van der Waals surface area contributed by atoms with Crippen molar-refractivity contribution in [1.82, 2.24) is 0 Å². The van der Waals surface area contributed by atoms with Crippen molar-refractivity contribution in [2.75, 3.05) is 7.11 Å². The molecule has 0 amide bonds. The third-order valence-electron chi connectivity index (χ3n) is 3.26. The Morgan fingerprint density at radius 3 is 2.44 bits per heavy atom. The van der Waals surface area contributed by atoms with Crippen LogP contribution in [0, 0.1) is 0 Å². The number of hydrogen-bond acceptors (Lipinski definition) is 3. The van der Waals surface area contributed by atoms with Crippen LogP contribution in [-0.4, -0.2) is 18.2 Å². The van der Waals surface area contributed by atoms with E-state index in [-0.39, 0.29) is 0 Å². The van der Waals surface area contributed by atoms with Crippen molar-refractivity contribution in [3.63, 3.8) is 0 Å². The molecule has 0 radical (unpaired) electrons. The molecule has 0 bridgehead atoms. The minimum atomic E-state index is 0.310. The quantitative estimate of drug-likeness (QED) is 0.850. The van der Waals surface area contributed by atoms with Crippen molar-refractivity contribution in [3.05, 3.63) is 23.8 Å². The Bertz CT molecular complexity index is 428. The SMILES string of the molecule is COc1cc(OC2CCCCC2)cc(C(N)=S)c1. The molecule has 4 heteroatoms. The molecular formula is C14H19NO2S. The highest BCUT2D eigenvalue weighted by molar-refractivity contribution is 7.80. The van der Waals surface area contributed by atoms with Gasteiger partial charge in [-0.25, -0.2) is 0 Å². The van der Waals surface area contributed by atoms with E-state index in [1.54, 1.807) is 7.11 Å². The molecule has 0 aromatic heterocycles. The van der Waals surface area contributed by atoms with Gasteiger partial charge in [0.25, 0.3) is 0 Å². The molecule has 1 fully saturated rings. The van der Waals surface area contributed by atoms with E-state index < -0.39 is 0 Å². The van der Waals surface area contributed by atoms with Gasteiger partial charge in [-0.05, 0) is 37.8 Å². The molecule has 1 aromatic rings. The summed E-state index contributed by atoms with van der Waals surface area (Å²) in [7, 11) is 1.63. The van der Waals surface area contributed by atoms with Gasteiger partial charge in [-0.3, -0.25) is 0 Å². The van der Waals surface area contributed by atoms with E-state index in [0.29, 0.717) is 11.1 Å². The summed E-state index contributed by atoms with van der Waals surface area (Å²) < 4.78 is 11.2. The third-order valence-corrected chi connectivity index (χ3v) is 3.49. The Balaban J connectivity index is 2.15. The molecule has 2 rings (SSSR count). The first-order valence-corrected chi connectivity index (χ1v) is 6.75. The largest absolute Gasteiger partial charge is 0.497 e. The van der Waals surface area contributed by atoms with Crippen LogP contribution in [0.5, 0.6) is 11.5 Å². The summed E-state index contributed by atoms with van der Waals surface area (Å²) in [5, 5.41) is 0. The van der Waals surface area contributed by atoms with Gasteiger partial charge in [0, 0.05) is 11.6 Å². The van der Waals surface area contributed by atoms with Crippen molar-refractivity contribution >= 4 is 17.2 Å². The van der Waals surface area contributed by atoms with Crippen LogP contribution in [0.1, 0.15) is 37.7 Å². The van der Waals surface area contributed by atoms with Crippen LogP contribution in [0.15, 0.2) is 18.2 Å². The molecule has 3 nitrogen and oxygen atoms in total. The first-order chi connectivity index (χ1) is 8.69. The first kappa shape index (κ1) is 13.1. The summed E-state index contributed by atoms with van der Waals surface area (Å²) in [5.41, 5.74) is 6.45. The summed E-state index contributed by atoms with van der Waals surface area (Å²) >= 11 is 5.00. The molecule has 1 saturated carbocycles. The van der Waals surface area contributed by atoms with E-state index in [0.717, 1.165) is 29.9 Å². The molecule has 98 valence electrons. The van der Waals surface area contributed by atoms with Crippen molar-refractivity contribution in [2.45, 2.75) is 38.2 Å². The molecule has 0 unspecified atom stereocenters. The minimum absolute atomic E-state index is 0.310. The van der Waals surface area contributed by atoms with Crippen LogP contribution in [0.2, 0.25) is 0 Å². The smallest absolute Gasteiger partial charge is 0.124 e. The van der Waals surface area contributed by atoms with Gasteiger partial charge < -0.3 is 15.2 Å². The molecule has 1 aliphatic rings. The zero-order chi connectivity index (χ0) is 13.0. The normalized spacial score (nSPS) is 16.3. The Labute approximate surface area is 113 Å². The Morgan fingerprint density at radius 2 is 1.83 bits per heavy atom. The minimum Gasteiger partial charge on any atom is -0.497 e. The monoisotopic (exact) mass is 265 g/mol. The summed E-state index contributed by atoms with van der Waals surface area (Å²) in [4.78, 5) is 0.363. The Hall–Kier alpha value is -1.29. The van der Waals surface area contributed by atoms with E-state index in [9.17, 15) is 0 Å². The lowest BCUT2D eigenvalue weighted by atomic mass is 9.98. The van der Waals surface area contributed by atoms with Gasteiger partial charge in [0.15, 0.2) is 0 Å². The summed E-state index contributed by atoms with van der Waals surface area (Å²) in [5.74, 6) is 1.52. The van der Waals surface area contributed by atoms with Gasteiger partial charge in [-0.1, -0.05) is 18.6 Å². The molecule has 0 heterocycles. The number of methoxy groups -OCH3 is 1. The van der Waals surface area contributed by atoms with Crippen molar-refractivity contribution in [1.29, 1.82) is 0 Å². The van der Waals surface area contributed by atoms with Crippen LogP contribution in [-0.2, 0) is 0 Å². The topological polar surface area (TPSA) is 44.5 Å². The number of hydrogen-bond donors (Lipinski definition) is 1. The predicted octanol–water partition coefficient (Wildman–Crippen LogP) is 3.04. The number of rotatable bonds is 4. The van der Waals surface area contributed by atoms with Crippen LogP contribution in [0.4, 0.5) is 0 Å². The van der Waals surface area contributed by atoms with E-state index in [1.807, 2.05) is 18.2 Å². The lowest BCUT2D eigenvalue weighted by Gasteiger charge is -2.23. The number of benzene rings is 1. The Kier molecular flexibility index (Phi) is 4.42. The number of ether oxygens (including phenoxy) is 2. The zero-order valence-corrected chi connectivity index (χ0v) is 11.5. The van der Waals surface area contributed by atoms with Crippen molar-refractivity contribution in [2.24, 2.45) is 5.73 Å². The first-order valence-electron chi connectivity index (χ1n) is 6.34. The molecule has 1 aliphatic carbocycles. The summed E-state index contributed by atoms with van der Waals surface area (Å²) in [6.07, 6.45) is 6.37. The highest BCUT2D eigenvalue weighted by Gasteiger charge is 2.15. The third kappa shape index (κ3) is 3.35. The maximum atomic E-state index is 5.99. The van der Waals surface area contributed by atoms with Crippen LogP contribution >= 0.6 is 12.2 Å². The van der Waals surface area contributed by atoms with E-state index >= 15 is 0 Å². The maximum absolute atomic E-state index is 5.99. The fourth-order valence-corrected chi connectivity index (χ4v) is 2.39. The summed E-state index contributed by atoms with van der Waals surface area (Å²) in [6.45, 7) is 0. The lowest BCUT2D eigenvalue weighted by molar-refractivity contribution is 0.154. The van der Waals surface area contributed by atoms with Gasteiger partial charge in [0.1, 0.15) is 16.5 Å². The van der Waals surface area contributed by atoms with E-state index in [4.69, 9.17) is 27.4 Å². The standard InChI is InChI=1S/C14H19NO2S/c1-16-12-7-10(14(15)18)8-13(9-12)17-11-5-3-2-4-6-11/h7-9,11H,2-6H2,1H3,(H2,15,18). The van der Waals surface area contributed by atoms with Crippen LogP contribution < -0.4 is 15.2 Å². The number of nitrogens with two attached hydrogens (primary N) is 1. The van der Waals surface area contributed by atoms with E-state index in [1.165, 1.54) is 19.3 Å². The Morgan fingerprint density at radius 1 is 1.17 bits per heavy atom. The van der Waals surface area contributed by atoms with Crippen LogP contribution in [0.25, 0.3) is 0 Å². The molecule has 0 spiro atoms. The molecule has 1 aromatic carbocycles. The average molecular weight is 265 g/mol. The van der Waals surface area contributed by atoms with E-state index in [2.05, 4.69) is 0 Å². The molecule has 0 saturated heterocycles. The maximum Gasteiger partial charge on any atom is 0.124 e. The highest BCUT2D eigenvalue weighted by Crippen LogP contribution is 2.27. The molecule has 2 N–H and O–H groups in total. The second-order valence-corrected chi connectivity index (χ2v) is 5.08. The average Bonchev–Trinajstić information content (AvgIpc) is 2.39. The molecule has 0 atom stereocenters. The van der Waals surface area contributed by atoms with Crippen molar-refractivity contribution in [3.8, 4) is 11.5 Å². The van der Waals surface area contributed by atoms with Crippen molar-refractivity contribution < 1.29 is 9.47 Å². The second kappa shape index (κ2) is 6.05. The van der Waals surface area contributed by atoms with Gasteiger partial charge in [-0.15, -0.1) is 0 Å². The molecule has 0 aliphatic heterocycles. The van der Waals surface area contributed by atoms with Gasteiger partial charge >= 0.3 is 0 Å². The molecular weight excluding hydrogens is 246 g/mol. The van der Waals surface area contributed by atoms with Crippen LogP contribution in [0.3, 0.4) is 0 Å². The number of thiocarbonyl (C=S) groups is 1. The van der Waals surface area contributed by atoms with Gasteiger partial charge in [0.2, 0.25) is 0 Å².